The molecule has 0 atom stereocenters. The highest BCUT2D eigenvalue weighted by molar-refractivity contribution is 7.99. The Hall–Kier alpha value is -2.08. The molecule has 1 amide bonds. The first-order valence-corrected chi connectivity index (χ1v) is 9.94. The lowest BCUT2D eigenvalue weighted by molar-refractivity contribution is 0.0951. The van der Waals surface area contributed by atoms with E-state index in [-0.39, 0.29) is 5.91 Å². The second-order valence-corrected chi connectivity index (χ2v) is 7.87. The number of rotatable bonds is 4. The third kappa shape index (κ3) is 3.79. The van der Waals surface area contributed by atoms with Crippen molar-refractivity contribution >= 4 is 23.5 Å². The maximum atomic E-state index is 12.6. The summed E-state index contributed by atoms with van der Waals surface area (Å²) in [5.74, 6) is 3.53. The third-order valence-electron chi connectivity index (χ3n) is 4.51. The van der Waals surface area contributed by atoms with Crippen LogP contribution < -0.4 is 10.2 Å². The van der Waals surface area contributed by atoms with E-state index in [9.17, 15) is 4.79 Å². The molecule has 5 nitrogen and oxygen atoms in total. The van der Waals surface area contributed by atoms with Crippen molar-refractivity contribution in [1.82, 2.24) is 15.3 Å². The van der Waals surface area contributed by atoms with Crippen LogP contribution in [0.5, 0.6) is 0 Å². The number of hydrogen-bond acceptors (Lipinski definition) is 5. The van der Waals surface area contributed by atoms with Crippen molar-refractivity contribution in [3.63, 3.8) is 0 Å². The summed E-state index contributed by atoms with van der Waals surface area (Å²) < 4.78 is 0. The molecule has 1 saturated heterocycles. The predicted octanol–water partition coefficient (Wildman–Crippen LogP) is 2.90. The molecule has 0 spiro atoms. The Labute approximate surface area is 152 Å². The van der Waals surface area contributed by atoms with Crippen molar-refractivity contribution in [3.8, 4) is 11.4 Å². The van der Waals surface area contributed by atoms with Gasteiger partial charge in [0.05, 0.1) is 0 Å². The van der Waals surface area contributed by atoms with Gasteiger partial charge >= 0.3 is 0 Å². The van der Waals surface area contributed by atoms with Crippen molar-refractivity contribution in [3.05, 3.63) is 41.6 Å². The van der Waals surface area contributed by atoms with E-state index < -0.39 is 0 Å². The van der Waals surface area contributed by atoms with Gasteiger partial charge in [0.1, 0.15) is 11.4 Å². The summed E-state index contributed by atoms with van der Waals surface area (Å²) in [6.45, 7) is 3.89. The standard InChI is InChI=1S/C19H22N4OS/c1-13-3-2-4-14(11-13)17-20-12-16(19(24)21-15-5-6-15)18(22-17)23-7-9-25-10-8-23/h2-4,11-12,15H,5-10H2,1H3,(H,21,24). The number of carbonyl (C=O) groups excluding carboxylic acids is 1. The molecule has 0 bridgehead atoms. The van der Waals surface area contributed by atoms with Gasteiger partial charge in [0.2, 0.25) is 0 Å². The Morgan fingerprint density at radius 3 is 2.80 bits per heavy atom. The van der Waals surface area contributed by atoms with Crippen LogP contribution in [0.3, 0.4) is 0 Å². The average molecular weight is 354 g/mol. The minimum Gasteiger partial charge on any atom is -0.354 e. The van der Waals surface area contributed by atoms with E-state index in [1.165, 1.54) is 5.56 Å². The zero-order valence-corrected chi connectivity index (χ0v) is 15.2. The summed E-state index contributed by atoms with van der Waals surface area (Å²) in [5.41, 5.74) is 2.75. The number of carbonyl (C=O) groups is 1. The van der Waals surface area contributed by atoms with E-state index >= 15 is 0 Å². The highest BCUT2D eigenvalue weighted by Gasteiger charge is 2.27. The van der Waals surface area contributed by atoms with Crippen LogP contribution in [0, 0.1) is 6.92 Å². The molecule has 1 saturated carbocycles. The van der Waals surface area contributed by atoms with Crippen LogP contribution in [0.25, 0.3) is 11.4 Å². The van der Waals surface area contributed by atoms with Gasteiger partial charge in [-0.25, -0.2) is 9.97 Å². The summed E-state index contributed by atoms with van der Waals surface area (Å²) >= 11 is 1.95. The minimum absolute atomic E-state index is 0.0495. The third-order valence-corrected chi connectivity index (χ3v) is 5.46. The zero-order chi connectivity index (χ0) is 17.2. The number of nitrogens with zero attached hydrogens (tertiary/aromatic N) is 3. The van der Waals surface area contributed by atoms with Crippen LogP contribution in [-0.2, 0) is 0 Å². The smallest absolute Gasteiger partial charge is 0.256 e. The lowest BCUT2D eigenvalue weighted by Crippen LogP contribution is -2.36. The summed E-state index contributed by atoms with van der Waals surface area (Å²) in [6.07, 6.45) is 3.84. The van der Waals surface area contributed by atoms with Crippen LogP contribution in [0.15, 0.2) is 30.5 Å². The number of benzene rings is 1. The Morgan fingerprint density at radius 2 is 2.08 bits per heavy atom. The average Bonchev–Trinajstić information content (AvgIpc) is 3.46. The number of thioether (sulfide) groups is 1. The van der Waals surface area contributed by atoms with E-state index in [1.807, 2.05) is 23.9 Å². The molecule has 0 unspecified atom stereocenters. The van der Waals surface area contributed by atoms with Crippen molar-refractivity contribution in [2.45, 2.75) is 25.8 Å². The quantitative estimate of drug-likeness (QED) is 0.915. The van der Waals surface area contributed by atoms with Gasteiger partial charge in [-0.05, 0) is 25.8 Å². The SMILES string of the molecule is Cc1cccc(-c2ncc(C(=O)NC3CC3)c(N3CCSCC3)n2)c1. The molecule has 6 heteroatoms. The number of aryl methyl sites for hydroxylation is 1. The fourth-order valence-electron chi connectivity index (χ4n) is 2.96. The van der Waals surface area contributed by atoms with Gasteiger partial charge in [0, 0.05) is 42.4 Å². The maximum Gasteiger partial charge on any atom is 0.256 e. The van der Waals surface area contributed by atoms with Gasteiger partial charge in [0.25, 0.3) is 5.91 Å². The molecule has 130 valence electrons. The van der Waals surface area contributed by atoms with E-state index in [0.29, 0.717) is 17.4 Å². The van der Waals surface area contributed by atoms with Crippen LogP contribution in [0.1, 0.15) is 28.8 Å². The summed E-state index contributed by atoms with van der Waals surface area (Å²) in [6, 6.07) is 8.49. The fourth-order valence-corrected chi connectivity index (χ4v) is 3.87. The highest BCUT2D eigenvalue weighted by Crippen LogP contribution is 2.26. The summed E-state index contributed by atoms with van der Waals surface area (Å²) in [4.78, 5) is 24.2. The first-order chi connectivity index (χ1) is 12.2. The van der Waals surface area contributed by atoms with Crippen LogP contribution in [0.4, 0.5) is 5.82 Å². The van der Waals surface area contributed by atoms with Gasteiger partial charge in [-0.15, -0.1) is 0 Å². The molecule has 1 aliphatic carbocycles. The largest absolute Gasteiger partial charge is 0.354 e. The normalized spacial score (nSPS) is 17.4. The highest BCUT2D eigenvalue weighted by atomic mass is 32.2. The molecule has 1 aliphatic heterocycles. The van der Waals surface area contributed by atoms with Crippen LogP contribution in [-0.4, -0.2) is 46.5 Å². The number of amides is 1. The van der Waals surface area contributed by atoms with Crippen LogP contribution >= 0.6 is 11.8 Å². The molecular weight excluding hydrogens is 332 g/mol. The number of anilines is 1. The van der Waals surface area contributed by atoms with Crippen molar-refractivity contribution in [2.24, 2.45) is 0 Å². The minimum atomic E-state index is -0.0495. The maximum absolute atomic E-state index is 12.6. The molecular formula is C19H22N4OS. The fraction of sp³-hybridized carbons (Fsp3) is 0.421. The first kappa shape index (κ1) is 16.4. The van der Waals surface area contributed by atoms with E-state index in [0.717, 1.165) is 48.8 Å². The molecule has 1 aromatic carbocycles. The molecule has 25 heavy (non-hydrogen) atoms. The first-order valence-electron chi connectivity index (χ1n) is 8.78. The molecule has 2 heterocycles. The van der Waals surface area contributed by atoms with Gasteiger partial charge in [-0.3, -0.25) is 4.79 Å². The van der Waals surface area contributed by atoms with Gasteiger partial charge in [0.15, 0.2) is 5.82 Å². The Kier molecular flexibility index (Phi) is 4.61. The Bertz CT molecular complexity index is 785. The van der Waals surface area contributed by atoms with Crippen LogP contribution in [0.2, 0.25) is 0 Å². The van der Waals surface area contributed by atoms with Gasteiger partial charge < -0.3 is 10.2 Å². The van der Waals surface area contributed by atoms with Gasteiger partial charge in [-0.1, -0.05) is 23.8 Å². The monoisotopic (exact) mass is 354 g/mol. The Morgan fingerprint density at radius 1 is 1.28 bits per heavy atom. The number of nitrogens with one attached hydrogen (secondary N) is 1. The van der Waals surface area contributed by atoms with E-state index in [1.54, 1.807) is 6.20 Å². The lowest BCUT2D eigenvalue weighted by atomic mass is 10.1. The van der Waals surface area contributed by atoms with Crippen molar-refractivity contribution in [1.29, 1.82) is 0 Å². The van der Waals surface area contributed by atoms with E-state index in [2.05, 4.69) is 34.3 Å². The number of aromatic nitrogens is 2. The zero-order valence-electron chi connectivity index (χ0n) is 14.4. The van der Waals surface area contributed by atoms with Crippen molar-refractivity contribution < 1.29 is 4.79 Å². The molecule has 4 rings (SSSR count). The molecule has 1 N–H and O–H groups in total. The van der Waals surface area contributed by atoms with E-state index in [4.69, 9.17) is 4.98 Å². The summed E-state index contributed by atoms with van der Waals surface area (Å²) in [7, 11) is 0. The topological polar surface area (TPSA) is 58.1 Å². The van der Waals surface area contributed by atoms with Crippen molar-refractivity contribution in [2.75, 3.05) is 29.5 Å². The molecule has 2 aromatic rings. The lowest BCUT2D eigenvalue weighted by Gasteiger charge is -2.29. The predicted molar refractivity (Wildman–Crippen MR) is 102 cm³/mol. The second kappa shape index (κ2) is 7.04. The van der Waals surface area contributed by atoms with Gasteiger partial charge in [-0.2, -0.15) is 11.8 Å². The summed E-state index contributed by atoms with van der Waals surface area (Å²) in [5, 5.41) is 3.07. The molecule has 2 aliphatic rings. The molecule has 2 fully saturated rings. The molecule has 1 aromatic heterocycles. The Balaban J connectivity index is 1.71. The molecule has 0 radical (unpaired) electrons. The number of hydrogen-bond donors (Lipinski definition) is 1. The second-order valence-electron chi connectivity index (χ2n) is 6.65.